The molecule has 3 N–H and O–H groups in total. The smallest absolute Gasteiger partial charge is 0.319 e. The molecule has 0 saturated carbocycles. The summed E-state index contributed by atoms with van der Waals surface area (Å²) in [6, 6.07) is 12.4. The first kappa shape index (κ1) is 26.7. The topological polar surface area (TPSA) is 100 Å². The number of urea groups is 1. The summed E-state index contributed by atoms with van der Waals surface area (Å²) in [5.41, 5.74) is 2.66. The first-order valence-corrected chi connectivity index (χ1v) is 14.0. The fourth-order valence-electron chi connectivity index (χ4n) is 5.67. The van der Waals surface area contributed by atoms with E-state index in [9.17, 15) is 9.18 Å². The summed E-state index contributed by atoms with van der Waals surface area (Å²) < 4.78 is 15.7. The summed E-state index contributed by atoms with van der Waals surface area (Å²) in [5.74, 6) is 1.37. The number of halogens is 2. The van der Waals surface area contributed by atoms with E-state index < -0.39 is 0 Å². The van der Waals surface area contributed by atoms with Crippen molar-refractivity contribution >= 4 is 27.6 Å². The lowest BCUT2D eigenvalue weighted by Gasteiger charge is -2.39. The molecule has 2 saturated heterocycles. The third kappa shape index (κ3) is 6.95. The third-order valence-electron chi connectivity index (χ3n) is 7.51. The molecular weight excluding hydrogens is 551 g/mol. The van der Waals surface area contributed by atoms with Gasteiger partial charge in [0, 0.05) is 48.4 Å². The summed E-state index contributed by atoms with van der Waals surface area (Å²) in [6.07, 6.45) is 4.36. The molecule has 2 amide bonds. The van der Waals surface area contributed by atoms with Gasteiger partial charge in [0.2, 0.25) is 0 Å². The molecule has 3 aromatic rings. The zero-order valence-electron chi connectivity index (χ0n) is 21.5. The Kier molecular flexibility index (Phi) is 8.65. The molecule has 38 heavy (non-hydrogen) atoms. The molecule has 1 aromatic heterocycles. The van der Waals surface area contributed by atoms with Crippen LogP contribution in [0.5, 0.6) is 0 Å². The number of carbonyl (C=O) groups excluding carboxylic acids is 1. The molecule has 2 fully saturated rings. The molecule has 2 aliphatic heterocycles. The lowest BCUT2D eigenvalue weighted by atomic mass is 9.88. The van der Waals surface area contributed by atoms with Gasteiger partial charge < -0.3 is 20.9 Å². The number of nitrogens with one attached hydrogen (secondary N) is 3. The predicted octanol–water partition coefficient (Wildman–Crippen LogP) is 3.83. The molecule has 3 atom stereocenters. The van der Waals surface area contributed by atoms with Crippen LogP contribution >= 0.6 is 15.9 Å². The van der Waals surface area contributed by atoms with Crippen molar-refractivity contribution in [1.29, 1.82) is 0 Å². The van der Waals surface area contributed by atoms with Gasteiger partial charge in [-0.2, -0.15) is 0 Å². The highest BCUT2D eigenvalue weighted by atomic mass is 79.9. The summed E-state index contributed by atoms with van der Waals surface area (Å²) in [7, 11) is 1.78. The Morgan fingerprint density at radius 1 is 1.21 bits per heavy atom. The number of hydrogen-bond donors (Lipinski definition) is 3. The molecule has 5 rings (SSSR count). The van der Waals surface area contributed by atoms with Crippen molar-refractivity contribution in [1.82, 2.24) is 35.7 Å². The van der Waals surface area contributed by atoms with Crippen LogP contribution < -0.4 is 16.0 Å². The highest BCUT2D eigenvalue weighted by Gasteiger charge is 2.30. The van der Waals surface area contributed by atoms with E-state index in [-0.39, 0.29) is 17.9 Å². The molecule has 0 unspecified atom stereocenters. The number of aromatic nitrogens is 4. The van der Waals surface area contributed by atoms with Crippen LogP contribution in [0.1, 0.15) is 24.8 Å². The third-order valence-corrected chi connectivity index (χ3v) is 7.97. The molecule has 11 heteroatoms. The number of aryl methyl sites for hydroxylation is 1. The Bertz CT molecular complexity index is 1240. The van der Waals surface area contributed by atoms with Gasteiger partial charge in [0.05, 0.1) is 0 Å². The second-order valence-corrected chi connectivity index (χ2v) is 11.3. The second-order valence-electron chi connectivity index (χ2n) is 10.4. The average Bonchev–Trinajstić information content (AvgIpc) is 3.32. The molecule has 2 aliphatic rings. The Morgan fingerprint density at radius 3 is 2.84 bits per heavy atom. The Hall–Kier alpha value is -2.89. The maximum absolute atomic E-state index is 13.3. The van der Waals surface area contributed by atoms with E-state index in [1.807, 2.05) is 30.3 Å². The maximum Gasteiger partial charge on any atom is 0.319 e. The van der Waals surface area contributed by atoms with Crippen LogP contribution in [0.2, 0.25) is 0 Å². The minimum absolute atomic E-state index is 0.0378. The summed E-state index contributed by atoms with van der Waals surface area (Å²) in [6.45, 7) is 4.79. The largest absolute Gasteiger partial charge is 0.334 e. The molecule has 2 aromatic carbocycles. The van der Waals surface area contributed by atoms with Crippen LogP contribution in [-0.4, -0.2) is 69.9 Å². The van der Waals surface area contributed by atoms with Gasteiger partial charge in [-0.05, 0) is 96.9 Å². The maximum atomic E-state index is 13.3. The van der Waals surface area contributed by atoms with Crippen molar-refractivity contribution in [3.8, 4) is 11.4 Å². The first-order valence-electron chi connectivity index (χ1n) is 13.2. The lowest BCUT2D eigenvalue weighted by molar-refractivity contribution is 0.126. The number of rotatable bonds is 7. The van der Waals surface area contributed by atoms with Gasteiger partial charge in [-0.25, -0.2) is 13.9 Å². The van der Waals surface area contributed by atoms with Gasteiger partial charge in [0.15, 0.2) is 5.82 Å². The second kappa shape index (κ2) is 12.3. The predicted molar refractivity (Wildman–Crippen MR) is 148 cm³/mol. The van der Waals surface area contributed by atoms with Gasteiger partial charge in [0.25, 0.3) is 0 Å². The van der Waals surface area contributed by atoms with E-state index in [1.165, 1.54) is 18.4 Å². The van der Waals surface area contributed by atoms with Crippen molar-refractivity contribution in [2.75, 3.05) is 38.0 Å². The summed E-state index contributed by atoms with van der Waals surface area (Å²) in [4.78, 5) is 15.6. The van der Waals surface area contributed by atoms with Crippen molar-refractivity contribution in [3.63, 3.8) is 0 Å². The molecule has 0 radical (unpaired) electrons. The highest BCUT2D eigenvalue weighted by Crippen LogP contribution is 2.27. The van der Waals surface area contributed by atoms with Gasteiger partial charge >= 0.3 is 6.03 Å². The molecular formula is C27H34BrFN8O. The Labute approximate surface area is 230 Å². The number of amides is 2. The van der Waals surface area contributed by atoms with E-state index in [2.05, 4.69) is 52.3 Å². The minimum Gasteiger partial charge on any atom is -0.334 e. The molecule has 0 bridgehead atoms. The first-order chi connectivity index (χ1) is 18.4. The Morgan fingerprint density at radius 2 is 2.05 bits per heavy atom. The number of nitrogens with zero attached hydrogens (tertiary/aromatic N) is 5. The SMILES string of the molecule is Cn1nnnc1-c1cc(Br)cc(NC(=O)N[C@H]2CNCC[C@H]2CN2CCC[C@@H](Cc3ccc(F)cc3)C2)c1. The number of carbonyl (C=O) groups is 1. The Balaban J connectivity index is 1.17. The highest BCUT2D eigenvalue weighted by molar-refractivity contribution is 9.10. The standard InChI is InChI=1S/C27H34BrFN8O/c1-36-26(33-34-35-36)21-12-22(28)14-24(13-21)31-27(38)32-25-15-30-9-8-20(25)17-37-10-2-3-19(16-37)11-18-4-6-23(29)7-5-18/h4-7,12-14,19-20,25,30H,2-3,8-11,15-17H2,1H3,(H2,31,32,38)/t19-,20-,25-/m0/s1. The average molecular weight is 586 g/mol. The monoisotopic (exact) mass is 584 g/mol. The van der Waals surface area contributed by atoms with Gasteiger partial charge in [-0.1, -0.05) is 28.1 Å². The van der Waals surface area contributed by atoms with Gasteiger partial charge in [-0.3, -0.25) is 0 Å². The van der Waals surface area contributed by atoms with Crippen LogP contribution in [0.3, 0.4) is 0 Å². The van der Waals surface area contributed by atoms with Crippen LogP contribution in [-0.2, 0) is 13.5 Å². The molecule has 9 nitrogen and oxygen atoms in total. The van der Waals surface area contributed by atoms with Crippen molar-refractivity contribution in [2.24, 2.45) is 18.9 Å². The number of anilines is 1. The van der Waals surface area contributed by atoms with E-state index in [0.717, 1.165) is 55.6 Å². The zero-order chi connectivity index (χ0) is 26.5. The summed E-state index contributed by atoms with van der Waals surface area (Å²) in [5, 5.41) is 21.3. The number of hydrogen-bond acceptors (Lipinski definition) is 6. The van der Waals surface area contributed by atoms with Crippen LogP contribution in [0.15, 0.2) is 46.9 Å². The van der Waals surface area contributed by atoms with Crippen molar-refractivity contribution < 1.29 is 9.18 Å². The quantitative estimate of drug-likeness (QED) is 0.390. The van der Waals surface area contributed by atoms with E-state index in [1.54, 1.807) is 23.9 Å². The molecule has 0 aliphatic carbocycles. The number of benzene rings is 2. The van der Waals surface area contributed by atoms with Gasteiger partial charge in [0.1, 0.15) is 5.82 Å². The fraction of sp³-hybridized carbons (Fsp3) is 0.481. The molecule has 0 spiro atoms. The zero-order valence-corrected chi connectivity index (χ0v) is 23.1. The van der Waals surface area contributed by atoms with Crippen molar-refractivity contribution in [3.05, 3.63) is 58.3 Å². The van der Waals surface area contributed by atoms with Crippen LogP contribution in [0.4, 0.5) is 14.9 Å². The van der Waals surface area contributed by atoms with E-state index >= 15 is 0 Å². The fourth-order valence-corrected chi connectivity index (χ4v) is 6.16. The number of piperidine rings is 2. The van der Waals surface area contributed by atoms with Gasteiger partial charge in [-0.15, -0.1) is 5.10 Å². The molecule has 3 heterocycles. The van der Waals surface area contributed by atoms with Crippen LogP contribution in [0, 0.1) is 17.7 Å². The molecule has 202 valence electrons. The van der Waals surface area contributed by atoms with Crippen LogP contribution in [0.25, 0.3) is 11.4 Å². The normalized spacial score (nSPS) is 22.2. The van der Waals surface area contributed by atoms with E-state index in [0.29, 0.717) is 23.3 Å². The number of likely N-dealkylation sites (tertiary alicyclic amines) is 1. The van der Waals surface area contributed by atoms with E-state index in [4.69, 9.17) is 0 Å². The number of tetrazole rings is 1. The lowest BCUT2D eigenvalue weighted by Crippen LogP contribution is -2.55. The van der Waals surface area contributed by atoms with Crippen molar-refractivity contribution in [2.45, 2.75) is 31.7 Å². The summed E-state index contributed by atoms with van der Waals surface area (Å²) >= 11 is 3.52. The minimum atomic E-state index is -0.225.